The normalized spacial score (nSPS) is 16.6. The van der Waals surface area contributed by atoms with E-state index < -0.39 is 0 Å². The third kappa shape index (κ3) is 4.32. The molecular weight excluding hydrogens is 370 g/mol. The topological polar surface area (TPSA) is 55.2 Å². The molecule has 2 heterocycles. The fourth-order valence-corrected chi connectivity index (χ4v) is 5.00. The lowest BCUT2D eigenvalue weighted by molar-refractivity contribution is -0.132. The molecule has 2 aromatic rings. The van der Waals surface area contributed by atoms with Gasteiger partial charge in [0.15, 0.2) is 5.16 Å². The van der Waals surface area contributed by atoms with Crippen LogP contribution in [0.4, 0.5) is 0 Å². The molecule has 1 aliphatic heterocycles. The van der Waals surface area contributed by atoms with Gasteiger partial charge in [-0.2, -0.15) is 0 Å². The first-order chi connectivity index (χ1) is 13.7. The quantitative estimate of drug-likeness (QED) is 0.573. The molecule has 0 saturated carbocycles. The Balaban J connectivity index is 1.59. The minimum atomic E-state index is -0.0127. The van der Waals surface area contributed by atoms with E-state index in [0.29, 0.717) is 5.16 Å². The average molecular weight is 398 g/mol. The fraction of sp³-hybridized carbons (Fsp3) is 0.500. The highest BCUT2D eigenvalue weighted by Gasteiger charge is 2.24. The lowest BCUT2D eigenvalue weighted by atomic mass is 10.2. The molecule has 0 spiro atoms. The van der Waals surface area contributed by atoms with Crippen LogP contribution in [-0.4, -0.2) is 33.4 Å². The van der Waals surface area contributed by atoms with Crippen LogP contribution in [0.25, 0.3) is 0 Å². The largest absolute Gasteiger partial charge is 0.341 e. The van der Waals surface area contributed by atoms with E-state index in [0.717, 1.165) is 62.2 Å². The molecule has 1 aromatic heterocycles. The van der Waals surface area contributed by atoms with Crippen molar-refractivity contribution < 1.29 is 4.79 Å². The van der Waals surface area contributed by atoms with Crippen LogP contribution in [0.1, 0.15) is 48.9 Å². The lowest BCUT2D eigenvalue weighted by Crippen LogP contribution is -2.38. The second kappa shape index (κ2) is 8.95. The number of rotatable bonds is 5. The van der Waals surface area contributed by atoms with Crippen molar-refractivity contribution in [2.24, 2.45) is 0 Å². The summed E-state index contributed by atoms with van der Waals surface area (Å²) in [4.78, 5) is 32.8. The average Bonchev–Trinajstić information content (AvgIpc) is 3.02. The molecule has 1 aliphatic carbocycles. The van der Waals surface area contributed by atoms with Crippen LogP contribution in [0.15, 0.2) is 40.3 Å². The predicted molar refractivity (Wildman–Crippen MR) is 112 cm³/mol. The Labute approximate surface area is 170 Å². The van der Waals surface area contributed by atoms with Crippen molar-refractivity contribution in [3.63, 3.8) is 0 Å². The number of thioether (sulfide) groups is 1. The van der Waals surface area contributed by atoms with E-state index in [-0.39, 0.29) is 18.0 Å². The molecule has 4 rings (SSSR count). The molecule has 148 valence electrons. The van der Waals surface area contributed by atoms with Crippen molar-refractivity contribution in [1.29, 1.82) is 0 Å². The van der Waals surface area contributed by atoms with E-state index in [1.807, 2.05) is 23.1 Å². The van der Waals surface area contributed by atoms with E-state index in [1.165, 1.54) is 18.4 Å². The summed E-state index contributed by atoms with van der Waals surface area (Å²) >= 11 is 1.55. The Morgan fingerprint density at radius 3 is 2.50 bits per heavy atom. The Hall–Kier alpha value is -2.08. The van der Waals surface area contributed by atoms with E-state index >= 15 is 0 Å². The number of amides is 1. The molecule has 2 aliphatic rings. The van der Waals surface area contributed by atoms with Crippen molar-refractivity contribution in [1.82, 2.24) is 14.5 Å². The van der Waals surface area contributed by atoms with Crippen LogP contribution >= 0.6 is 11.8 Å². The Kier molecular flexibility index (Phi) is 6.15. The smallest absolute Gasteiger partial charge is 0.258 e. The van der Waals surface area contributed by atoms with Crippen LogP contribution in [-0.2, 0) is 29.9 Å². The molecule has 0 radical (unpaired) electrons. The maximum absolute atomic E-state index is 13.1. The monoisotopic (exact) mass is 397 g/mol. The van der Waals surface area contributed by atoms with Crippen molar-refractivity contribution >= 4 is 17.7 Å². The second-order valence-corrected chi connectivity index (χ2v) is 8.58. The first kappa shape index (κ1) is 19.2. The van der Waals surface area contributed by atoms with Crippen LogP contribution in [0.3, 0.4) is 0 Å². The minimum Gasteiger partial charge on any atom is -0.341 e. The highest BCUT2D eigenvalue weighted by atomic mass is 32.2. The Morgan fingerprint density at radius 1 is 1.00 bits per heavy atom. The van der Waals surface area contributed by atoms with Gasteiger partial charge in [0.05, 0.1) is 5.69 Å². The number of likely N-dealkylation sites (tertiary alicyclic amines) is 1. The molecule has 1 aromatic carbocycles. The number of hydrogen-bond donors (Lipinski definition) is 0. The Bertz CT molecular complexity index is 887. The highest BCUT2D eigenvalue weighted by Crippen LogP contribution is 2.24. The third-order valence-electron chi connectivity index (χ3n) is 5.62. The number of hydrogen-bond acceptors (Lipinski definition) is 4. The van der Waals surface area contributed by atoms with Gasteiger partial charge in [-0.3, -0.25) is 14.2 Å². The predicted octanol–water partition coefficient (Wildman–Crippen LogP) is 3.43. The molecule has 6 heteroatoms. The SMILES string of the molecule is O=C(Cn1c(SCc2ccccc2)nc2c(c1=O)CCC2)N1CCCCCC1. The summed E-state index contributed by atoms with van der Waals surface area (Å²) in [5.41, 5.74) is 2.92. The summed E-state index contributed by atoms with van der Waals surface area (Å²) in [7, 11) is 0. The van der Waals surface area contributed by atoms with Gasteiger partial charge in [-0.1, -0.05) is 54.9 Å². The van der Waals surface area contributed by atoms with Gasteiger partial charge in [0, 0.05) is 24.4 Å². The third-order valence-corrected chi connectivity index (χ3v) is 6.66. The van der Waals surface area contributed by atoms with Gasteiger partial charge in [0.1, 0.15) is 6.54 Å². The van der Waals surface area contributed by atoms with Crippen LogP contribution in [0, 0.1) is 0 Å². The second-order valence-electron chi connectivity index (χ2n) is 7.63. The summed E-state index contributed by atoms with van der Waals surface area (Å²) in [5, 5.41) is 0.678. The van der Waals surface area contributed by atoms with Crippen molar-refractivity contribution in [2.75, 3.05) is 13.1 Å². The zero-order chi connectivity index (χ0) is 19.3. The first-order valence-corrected chi connectivity index (χ1v) is 11.3. The van der Waals surface area contributed by atoms with Crippen molar-refractivity contribution in [2.45, 2.75) is 62.4 Å². The number of fused-ring (bicyclic) bond motifs is 1. The molecule has 0 N–H and O–H groups in total. The van der Waals surface area contributed by atoms with Gasteiger partial charge >= 0.3 is 0 Å². The highest BCUT2D eigenvalue weighted by molar-refractivity contribution is 7.98. The van der Waals surface area contributed by atoms with E-state index in [4.69, 9.17) is 4.98 Å². The Morgan fingerprint density at radius 2 is 1.75 bits per heavy atom. The first-order valence-electron chi connectivity index (χ1n) is 10.3. The molecule has 5 nitrogen and oxygen atoms in total. The standard InChI is InChI=1S/C22H27N3O2S/c26-20(24-13-6-1-2-7-14-24)15-25-21(27)18-11-8-12-19(18)23-22(25)28-16-17-9-4-3-5-10-17/h3-5,9-10H,1-2,6-8,11-16H2. The molecule has 1 saturated heterocycles. The summed E-state index contributed by atoms with van der Waals surface area (Å²) in [6, 6.07) is 10.2. The molecular formula is C22H27N3O2S. The van der Waals surface area contributed by atoms with Gasteiger partial charge in [-0.05, 0) is 37.7 Å². The number of carbonyl (C=O) groups is 1. The van der Waals surface area contributed by atoms with Crippen LogP contribution in [0.5, 0.6) is 0 Å². The molecule has 0 bridgehead atoms. The number of benzene rings is 1. The van der Waals surface area contributed by atoms with E-state index in [2.05, 4.69) is 12.1 Å². The lowest BCUT2D eigenvalue weighted by Gasteiger charge is -2.22. The molecule has 0 unspecified atom stereocenters. The number of nitrogens with zero attached hydrogens (tertiary/aromatic N) is 3. The van der Waals surface area contributed by atoms with Gasteiger partial charge in [0.2, 0.25) is 5.91 Å². The van der Waals surface area contributed by atoms with Gasteiger partial charge in [-0.15, -0.1) is 0 Å². The molecule has 0 atom stereocenters. The maximum Gasteiger partial charge on any atom is 0.258 e. The van der Waals surface area contributed by atoms with E-state index in [9.17, 15) is 9.59 Å². The summed E-state index contributed by atoms with van der Waals surface area (Å²) in [5.74, 6) is 0.787. The zero-order valence-corrected chi connectivity index (χ0v) is 17.0. The van der Waals surface area contributed by atoms with Crippen molar-refractivity contribution in [3.8, 4) is 0 Å². The zero-order valence-electron chi connectivity index (χ0n) is 16.2. The van der Waals surface area contributed by atoms with Gasteiger partial charge in [0.25, 0.3) is 5.56 Å². The van der Waals surface area contributed by atoms with Crippen LogP contribution < -0.4 is 5.56 Å². The number of aromatic nitrogens is 2. The van der Waals surface area contributed by atoms with Crippen molar-refractivity contribution in [3.05, 3.63) is 57.5 Å². The summed E-state index contributed by atoms with van der Waals surface area (Å²) < 4.78 is 1.63. The van der Waals surface area contributed by atoms with Gasteiger partial charge in [-0.25, -0.2) is 4.98 Å². The molecule has 28 heavy (non-hydrogen) atoms. The number of aryl methyl sites for hydroxylation is 1. The minimum absolute atomic E-state index is 0.0127. The fourth-order valence-electron chi connectivity index (χ4n) is 4.03. The summed E-state index contributed by atoms with van der Waals surface area (Å²) in [6.07, 6.45) is 7.10. The maximum atomic E-state index is 13.1. The van der Waals surface area contributed by atoms with Crippen LogP contribution in [0.2, 0.25) is 0 Å². The molecule has 1 amide bonds. The van der Waals surface area contributed by atoms with Gasteiger partial charge < -0.3 is 4.90 Å². The van der Waals surface area contributed by atoms with E-state index in [1.54, 1.807) is 16.3 Å². The molecule has 1 fully saturated rings. The summed E-state index contributed by atoms with van der Waals surface area (Å²) in [6.45, 7) is 1.72. The number of carbonyl (C=O) groups excluding carboxylic acids is 1.